The summed E-state index contributed by atoms with van der Waals surface area (Å²) < 4.78 is 0. The van der Waals surface area contributed by atoms with E-state index < -0.39 is 0 Å². The first-order chi connectivity index (χ1) is 8.19. The summed E-state index contributed by atoms with van der Waals surface area (Å²) in [6, 6.07) is 1.93. The second kappa shape index (κ2) is 4.78. The molecule has 1 aromatic rings. The van der Waals surface area contributed by atoms with Gasteiger partial charge in [0.05, 0.1) is 0 Å². The van der Waals surface area contributed by atoms with Gasteiger partial charge in [0, 0.05) is 25.7 Å². The Labute approximate surface area is 98.9 Å². The van der Waals surface area contributed by atoms with Crippen molar-refractivity contribution < 1.29 is 9.59 Å². The Morgan fingerprint density at radius 2 is 2.35 bits per heavy atom. The number of rotatable bonds is 2. The van der Waals surface area contributed by atoms with Crippen LogP contribution in [0.15, 0.2) is 18.3 Å². The van der Waals surface area contributed by atoms with Crippen LogP contribution in [0.25, 0.3) is 6.08 Å². The standard InChI is InChI=1S/C12H13N3O2/c1-13-10(16)4-2-8-6-9-3-5-11(17)15-12(9)14-7-8/h2,4,6-7H,3,5H2,1H3,(H,13,16)(H,14,15,17)/b4-2+. The largest absolute Gasteiger partial charge is 0.356 e. The van der Waals surface area contributed by atoms with Crippen molar-refractivity contribution in [2.75, 3.05) is 12.4 Å². The molecule has 88 valence electrons. The fourth-order valence-electron chi connectivity index (χ4n) is 1.62. The van der Waals surface area contributed by atoms with Gasteiger partial charge in [-0.3, -0.25) is 9.59 Å². The first kappa shape index (κ1) is 11.3. The molecule has 0 bridgehead atoms. The lowest BCUT2D eigenvalue weighted by Crippen LogP contribution is -2.20. The van der Waals surface area contributed by atoms with Crippen molar-refractivity contribution in [3.05, 3.63) is 29.5 Å². The number of aryl methyl sites for hydroxylation is 1. The zero-order valence-corrected chi connectivity index (χ0v) is 9.49. The number of anilines is 1. The van der Waals surface area contributed by atoms with Gasteiger partial charge >= 0.3 is 0 Å². The third-order valence-corrected chi connectivity index (χ3v) is 2.54. The molecule has 0 saturated heterocycles. The third kappa shape index (κ3) is 2.69. The highest BCUT2D eigenvalue weighted by molar-refractivity contribution is 5.93. The van der Waals surface area contributed by atoms with E-state index in [4.69, 9.17) is 0 Å². The number of pyridine rings is 1. The Hall–Kier alpha value is -2.17. The molecule has 1 aliphatic heterocycles. The van der Waals surface area contributed by atoms with Gasteiger partial charge < -0.3 is 10.6 Å². The maximum absolute atomic E-state index is 11.1. The van der Waals surface area contributed by atoms with Crippen LogP contribution in [0.1, 0.15) is 17.5 Å². The van der Waals surface area contributed by atoms with E-state index in [1.54, 1.807) is 19.3 Å². The van der Waals surface area contributed by atoms with E-state index in [1.165, 1.54) is 6.08 Å². The van der Waals surface area contributed by atoms with Crippen LogP contribution in [0, 0.1) is 0 Å². The Kier molecular flexibility index (Phi) is 3.18. The average molecular weight is 231 g/mol. The maximum Gasteiger partial charge on any atom is 0.243 e. The molecule has 5 heteroatoms. The number of fused-ring (bicyclic) bond motifs is 1. The molecule has 5 nitrogen and oxygen atoms in total. The van der Waals surface area contributed by atoms with Gasteiger partial charge in [-0.2, -0.15) is 0 Å². The summed E-state index contributed by atoms with van der Waals surface area (Å²) in [5, 5.41) is 5.21. The predicted molar refractivity (Wildman–Crippen MR) is 64.3 cm³/mol. The molecule has 2 amide bonds. The molecule has 0 fully saturated rings. The van der Waals surface area contributed by atoms with Gasteiger partial charge in [-0.05, 0) is 29.7 Å². The molecule has 0 radical (unpaired) electrons. The second-order valence-electron chi connectivity index (χ2n) is 3.77. The van der Waals surface area contributed by atoms with Crippen LogP contribution in [0.3, 0.4) is 0 Å². The zero-order chi connectivity index (χ0) is 12.3. The van der Waals surface area contributed by atoms with Gasteiger partial charge in [0.15, 0.2) is 0 Å². The van der Waals surface area contributed by atoms with Crippen molar-refractivity contribution >= 4 is 23.7 Å². The number of hydrogen-bond donors (Lipinski definition) is 2. The van der Waals surface area contributed by atoms with Crippen LogP contribution in [0.5, 0.6) is 0 Å². The predicted octanol–water partition coefficient (Wildman–Crippen LogP) is 0.725. The highest BCUT2D eigenvalue weighted by atomic mass is 16.2. The minimum atomic E-state index is -0.156. The number of aromatic nitrogens is 1. The van der Waals surface area contributed by atoms with E-state index in [2.05, 4.69) is 15.6 Å². The summed E-state index contributed by atoms with van der Waals surface area (Å²) in [4.78, 5) is 26.3. The van der Waals surface area contributed by atoms with Gasteiger partial charge in [-0.1, -0.05) is 0 Å². The number of carbonyl (C=O) groups is 2. The molecule has 0 unspecified atom stereocenters. The lowest BCUT2D eigenvalue weighted by molar-refractivity contribution is -0.117. The topological polar surface area (TPSA) is 71.1 Å². The fraction of sp³-hybridized carbons (Fsp3) is 0.250. The summed E-state index contributed by atoms with van der Waals surface area (Å²) in [6.07, 6.45) is 5.95. The molecule has 0 spiro atoms. The van der Waals surface area contributed by atoms with Gasteiger partial charge in [0.25, 0.3) is 0 Å². The molecule has 0 saturated carbocycles. The second-order valence-corrected chi connectivity index (χ2v) is 3.77. The normalized spacial score (nSPS) is 14.3. The minimum absolute atomic E-state index is 0.00125. The lowest BCUT2D eigenvalue weighted by atomic mass is 10.0. The van der Waals surface area contributed by atoms with Crippen molar-refractivity contribution in [3.63, 3.8) is 0 Å². The Balaban J connectivity index is 2.19. The number of amides is 2. The zero-order valence-electron chi connectivity index (χ0n) is 9.49. The van der Waals surface area contributed by atoms with E-state index in [-0.39, 0.29) is 11.8 Å². The van der Waals surface area contributed by atoms with Gasteiger partial charge in [0.1, 0.15) is 5.82 Å². The SMILES string of the molecule is CNC(=O)/C=C/c1cnc2c(c1)CCC(=O)N2. The molecule has 2 rings (SSSR count). The smallest absolute Gasteiger partial charge is 0.243 e. The number of likely N-dealkylation sites (N-methyl/N-ethyl adjacent to an activating group) is 1. The Morgan fingerprint density at radius 3 is 3.12 bits per heavy atom. The lowest BCUT2D eigenvalue weighted by Gasteiger charge is -2.15. The van der Waals surface area contributed by atoms with Crippen LogP contribution in [0.2, 0.25) is 0 Å². The van der Waals surface area contributed by atoms with Crippen molar-refractivity contribution in [1.82, 2.24) is 10.3 Å². The molecule has 0 aromatic carbocycles. The third-order valence-electron chi connectivity index (χ3n) is 2.54. The Bertz CT molecular complexity index is 495. The van der Waals surface area contributed by atoms with Gasteiger partial charge in [0.2, 0.25) is 11.8 Å². The summed E-state index contributed by atoms with van der Waals surface area (Å²) in [7, 11) is 1.58. The van der Waals surface area contributed by atoms with Crippen LogP contribution < -0.4 is 10.6 Å². The summed E-state index contributed by atoms with van der Waals surface area (Å²) >= 11 is 0. The summed E-state index contributed by atoms with van der Waals surface area (Å²) in [5.74, 6) is 0.466. The molecular formula is C12H13N3O2. The molecule has 2 N–H and O–H groups in total. The Morgan fingerprint density at radius 1 is 1.53 bits per heavy atom. The molecular weight excluding hydrogens is 218 g/mol. The van der Waals surface area contributed by atoms with E-state index in [0.717, 1.165) is 11.1 Å². The molecule has 17 heavy (non-hydrogen) atoms. The first-order valence-corrected chi connectivity index (χ1v) is 5.37. The quantitative estimate of drug-likeness (QED) is 0.737. The molecule has 2 heterocycles. The van der Waals surface area contributed by atoms with E-state index >= 15 is 0 Å². The van der Waals surface area contributed by atoms with E-state index in [1.807, 2.05) is 6.07 Å². The van der Waals surface area contributed by atoms with Gasteiger partial charge in [-0.15, -0.1) is 0 Å². The summed E-state index contributed by atoms with van der Waals surface area (Å²) in [6.45, 7) is 0. The highest BCUT2D eigenvalue weighted by Crippen LogP contribution is 2.21. The number of nitrogens with one attached hydrogen (secondary N) is 2. The maximum atomic E-state index is 11.1. The van der Waals surface area contributed by atoms with Crippen molar-refractivity contribution in [2.45, 2.75) is 12.8 Å². The number of nitrogens with zero attached hydrogens (tertiary/aromatic N) is 1. The fourth-order valence-corrected chi connectivity index (χ4v) is 1.62. The van der Waals surface area contributed by atoms with E-state index in [0.29, 0.717) is 18.7 Å². The minimum Gasteiger partial charge on any atom is -0.356 e. The van der Waals surface area contributed by atoms with Crippen LogP contribution in [0.4, 0.5) is 5.82 Å². The molecule has 0 atom stereocenters. The monoisotopic (exact) mass is 231 g/mol. The molecule has 0 aliphatic carbocycles. The average Bonchev–Trinajstić information content (AvgIpc) is 2.35. The van der Waals surface area contributed by atoms with Crippen LogP contribution in [-0.2, 0) is 16.0 Å². The van der Waals surface area contributed by atoms with Crippen molar-refractivity contribution in [2.24, 2.45) is 0 Å². The van der Waals surface area contributed by atoms with Gasteiger partial charge in [-0.25, -0.2) is 4.98 Å². The molecule has 1 aliphatic rings. The van der Waals surface area contributed by atoms with Crippen molar-refractivity contribution in [3.8, 4) is 0 Å². The highest BCUT2D eigenvalue weighted by Gasteiger charge is 2.15. The van der Waals surface area contributed by atoms with Crippen molar-refractivity contribution in [1.29, 1.82) is 0 Å². The molecule has 1 aromatic heterocycles. The van der Waals surface area contributed by atoms with Crippen LogP contribution >= 0.6 is 0 Å². The van der Waals surface area contributed by atoms with Crippen LogP contribution in [-0.4, -0.2) is 23.8 Å². The van der Waals surface area contributed by atoms with E-state index in [9.17, 15) is 9.59 Å². The number of carbonyl (C=O) groups excluding carboxylic acids is 2. The summed E-state index contributed by atoms with van der Waals surface area (Å²) in [5.41, 5.74) is 1.85. The number of hydrogen-bond acceptors (Lipinski definition) is 3. The first-order valence-electron chi connectivity index (χ1n) is 5.37.